The number of methoxy groups -OCH3 is 1. The number of hydrogen-bond acceptors (Lipinski definition) is 5. The van der Waals surface area contributed by atoms with E-state index in [2.05, 4.69) is 10.2 Å². The maximum Gasteiger partial charge on any atom is 0.247 e. The second kappa shape index (κ2) is 8.80. The Morgan fingerprint density at radius 2 is 1.45 bits per heavy atom. The normalized spacial score (nSPS) is 10.7. The molecule has 0 aliphatic carbocycles. The van der Waals surface area contributed by atoms with Crippen LogP contribution in [0.1, 0.15) is 17.0 Å². The summed E-state index contributed by atoms with van der Waals surface area (Å²) < 4.78 is 16.7. The lowest BCUT2D eigenvalue weighted by molar-refractivity contribution is 0.305. The standard InChI is InChI=1S/C23H19ClN2O3/c1-27-20-10-12-21(13-11-20)28-15-17-2-6-18(7-3-17)23-26-25-22(29-23)14-16-4-8-19(24)9-5-16/h2-13H,14-15H2,1H3. The first kappa shape index (κ1) is 19.0. The van der Waals surface area contributed by atoms with E-state index in [0.29, 0.717) is 29.8 Å². The molecule has 29 heavy (non-hydrogen) atoms. The zero-order chi connectivity index (χ0) is 20.1. The largest absolute Gasteiger partial charge is 0.497 e. The molecule has 0 amide bonds. The highest BCUT2D eigenvalue weighted by Gasteiger charge is 2.09. The SMILES string of the molecule is COc1ccc(OCc2ccc(-c3nnc(Cc4ccc(Cl)cc4)o3)cc2)cc1. The molecule has 4 aromatic rings. The molecule has 0 bridgehead atoms. The fraction of sp³-hybridized carbons (Fsp3) is 0.130. The van der Waals surface area contributed by atoms with Crippen LogP contribution >= 0.6 is 11.6 Å². The molecule has 3 aromatic carbocycles. The maximum atomic E-state index is 5.92. The van der Waals surface area contributed by atoms with Gasteiger partial charge in [0.25, 0.3) is 0 Å². The van der Waals surface area contributed by atoms with Crippen molar-refractivity contribution in [3.05, 3.63) is 94.8 Å². The second-order valence-corrected chi connectivity index (χ2v) is 6.90. The van der Waals surface area contributed by atoms with E-state index in [0.717, 1.165) is 28.2 Å². The summed E-state index contributed by atoms with van der Waals surface area (Å²) in [5.41, 5.74) is 2.98. The van der Waals surface area contributed by atoms with E-state index in [4.69, 9.17) is 25.5 Å². The summed E-state index contributed by atoms with van der Waals surface area (Å²) in [5, 5.41) is 9.00. The van der Waals surface area contributed by atoms with Crippen LogP contribution in [0.4, 0.5) is 0 Å². The van der Waals surface area contributed by atoms with Crippen molar-refractivity contribution in [3.63, 3.8) is 0 Å². The van der Waals surface area contributed by atoms with Crippen LogP contribution in [-0.4, -0.2) is 17.3 Å². The Kier molecular flexibility index (Phi) is 5.77. The molecule has 1 heterocycles. The molecule has 0 spiro atoms. The molecule has 0 fully saturated rings. The third-order valence-electron chi connectivity index (χ3n) is 4.40. The highest BCUT2D eigenvalue weighted by molar-refractivity contribution is 6.30. The van der Waals surface area contributed by atoms with Gasteiger partial charge in [0, 0.05) is 10.6 Å². The van der Waals surface area contributed by atoms with Crippen molar-refractivity contribution in [1.82, 2.24) is 10.2 Å². The fourth-order valence-corrected chi connectivity index (χ4v) is 2.93. The van der Waals surface area contributed by atoms with Gasteiger partial charge >= 0.3 is 0 Å². The first-order chi connectivity index (χ1) is 14.2. The molecule has 5 nitrogen and oxygen atoms in total. The Balaban J connectivity index is 1.37. The smallest absolute Gasteiger partial charge is 0.247 e. The van der Waals surface area contributed by atoms with Gasteiger partial charge < -0.3 is 13.9 Å². The van der Waals surface area contributed by atoms with Crippen LogP contribution in [0.25, 0.3) is 11.5 Å². The Bertz CT molecular complexity index is 1060. The van der Waals surface area contributed by atoms with Gasteiger partial charge in [-0.15, -0.1) is 10.2 Å². The summed E-state index contributed by atoms with van der Waals surface area (Å²) in [6, 6.07) is 23.0. The van der Waals surface area contributed by atoms with Gasteiger partial charge in [-0.25, -0.2) is 0 Å². The Morgan fingerprint density at radius 3 is 2.14 bits per heavy atom. The highest BCUT2D eigenvalue weighted by Crippen LogP contribution is 2.22. The fourth-order valence-electron chi connectivity index (χ4n) is 2.80. The topological polar surface area (TPSA) is 57.4 Å². The summed E-state index contributed by atoms with van der Waals surface area (Å²) in [4.78, 5) is 0. The first-order valence-electron chi connectivity index (χ1n) is 9.12. The van der Waals surface area contributed by atoms with Crippen LogP contribution in [0.2, 0.25) is 5.02 Å². The van der Waals surface area contributed by atoms with Gasteiger partial charge in [0.15, 0.2) is 0 Å². The number of ether oxygens (including phenoxy) is 2. The minimum absolute atomic E-state index is 0.470. The third-order valence-corrected chi connectivity index (χ3v) is 4.65. The van der Waals surface area contributed by atoms with E-state index < -0.39 is 0 Å². The zero-order valence-corrected chi connectivity index (χ0v) is 16.6. The Labute approximate surface area is 173 Å². The number of rotatable bonds is 7. The van der Waals surface area contributed by atoms with E-state index in [9.17, 15) is 0 Å². The number of hydrogen-bond donors (Lipinski definition) is 0. The van der Waals surface area contributed by atoms with E-state index in [1.54, 1.807) is 7.11 Å². The highest BCUT2D eigenvalue weighted by atomic mass is 35.5. The predicted molar refractivity (Wildman–Crippen MR) is 111 cm³/mol. The summed E-state index contributed by atoms with van der Waals surface area (Å²) in [6.07, 6.45) is 0.567. The summed E-state index contributed by atoms with van der Waals surface area (Å²) in [6.45, 7) is 0.470. The minimum Gasteiger partial charge on any atom is -0.497 e. The summed E-state index contributed by atoms with van der Waals surface area (Å²) in [7, 11) is 1.64. The van der Waals surface area contributed by atoms with Crippen LogP contribution in [0.3, 0.4) is 0 Å². The number of halogens is 1. The van der Waals surface area contributed by atoms with Gasteiger partial charge in [-0.1, -0.05) is 35.9 Å². The van der Waals surface area contributed by atoms with E-state index in [-0.39, 0.29) is 0 Å². The van der Waals surface area contributed by atoms with Crippen LogP contribution in [0, 0.1) is 0 Å². The molecule has 0 radical (unpaired) electrons. The van der Waals surface area contributed by atoms with Crippen molar-refractivity contribution in [2.45, 2.75) is 13.0 Å². The lowest BCUT2D eigenvalue weighted by Gasteiger charge is -2.07. The first-order valence-corrected chi connectivity index (χ1v) is 9.50. The van der Waals surface area contributed by atoms with Crippen LogP contribution in [0.5, 0.6) is 11.5 Å². The van der Waals surface area contributed by atoms with Crippen LogP contribution < -0.4 is 9.47 Å². The van der Waals surface area contributed by atoms with Gasteiger partial charge in [-0.2, -0.15) is 0 Å². The van der Waals surface area contributed by atoms with Crippen molar-refractivity contribution >= 4 is 11.6 Å². The van der Waals surface area contributed by atoms with Gasteiger partial charge in [-0.05, 0) is 59.7 Å². The average Bonchev–Trinajstić information content (AvgIpc) is 3.23. The van der Waals surface area contributed by atoms with Crippen molar-refractivity contribution < 1.29 is 13.9 Å². The van der Waals surface area contributed by atoms with Gasteiger partial charge in [-0.3, -0.25) is 0 Å². The molecule has 6 heteroatoms. The quantitative estimate of drug-likeness (QED) is 0.401. The molecule has 0 saturated heterocycles. The molecule has 0 aliphatic heterocycles. The molecular weight excluding hydrogens is 388 g/mol. The monoisotopic (exact) mass is 406 g/mol. The molecule has 146 valence electrons. The predicted octanol–water partition coefficient (Wildman–Crippen LogP) is 5.57. The molecular formula is C23H19ClN2O3. The van der Waals surface area contributed by atoms with E-state index >= 15 is 0 Å². The van der Waals surface area contributed by atoms with Gasteiger partial charge in [0.2, 0.25) is 11.8 Å². The molecule has 1 aromatic heterocycles. The van der Waals surface area contributed by atoms with Crippen molar-refractivity contribution in [3.8, 4) is 23.0 Å². The van der Waals surface area contributed by atoms with Gasteiger partial charge in [0.05, 0.1) is 13.5 Å². The maximum absolute atomic E-state index is 5.92. The summed E-state index contributed by atoms with van der Waals surface area (Å²) >= 11 is 5.92. The minimum atomic E-state index is 0.470. The Morgan fingerprint density at radius 1 is 0.793 bits per heavy atom. The van der Waals surface area contributed by atoms with Crippen molar-refractivity contribution in [1.29, 1.82) is 0 Å². The molecule has 0 saturated carbocycles. The zero-order valence-electron chi connectivity index (χ0n) is 15.8. The molecule has 0 N–H and O–H groups in total. The molecule has 0 unspecified atom stereocenters. The van der Waals surface area contributed by atoms with E-state index in [1.807, 2.05) is 72.8 Å². The third kappa shape index (κ3) is 4.95. The average molecular weight is 407 g/mol. The Hall–Kier alpha value is -3.31. The van der Waals surface area contributed by atoms with Crippen LogP contribution in [-0.2, 0) is 13.0 Å². The number of nitrogens with zero attached hydrogens (tertiary/aromatic N) is 2. The molecule has 0 aliphatic rings. The van der Waals surface area contributed by atoms with Gasteiger partial charge in [0.1, 0.15) is 18.1 Å². The van der Waals surface area contributed by atoms with Crippen molar-refractivity contribution in [2.75, 3.05) is 7.11 Å². The molecule has 4 rings (SSSR count). The second-order valence-electron chi connectivity index (χ2n) is 6.47. The number of benzene rings is 3. The lowest BCUT2D eigenvalue weighted by atomic mass is 10.1. The summed E-state index contributed by atoms with van der Waals surface area (Å²) in [5.74, 6) is 2.65. The lowest BCUT2D eigenvalue weighted by Crippen LogP contribution is -1.95. The number of aromatic nitrogens is 2. The molecule has 0 atom stereocenters. The van der Waals surface area contributed by atoms with Crippen molar-refractivity contribution in [2.24, 2.45) is 0 Å². The van der Waals surface area contributed by atoms with Crippen LogP contribution in [0.15, 0.2) is 77.2 Å². The van der Waals surface area contributed by atoms with E-state index in [1.165, 1.54) is 0 Å².